The average Bonchev–Trinajstić information content (AvgIpc) is 3.34. The zero-order valence-corrected chi connectivity index (χ0v) is 24.0. The van der Waals surface area contributed by atoms with Crippen LogP contribution in [0.5, 0.6) is 0 Å². The third-order valence-corrected chi connectivity index (χ3v) is 8.45. The number of pyridine rings is 1. The van der Waals surface area contributed by atoms with Crippen LogP contribution >= 0.6 is 0 Å². The molecular weight excluding hydrogens is 500 g/mol. The van der Waals surface area contributed by atoms with Crippen LogP contribution in [0.2, 0.25) is 0 Å². The van der Waals surface area contributed by atoms with Crippen LogP contribution in [0.15, 0.2) is 102 Å². The van der Waals surface area contributed by atoms with Gasteiger partial charge in [0.25, 0.3) is 0 Å². The Morgan fingerprint density at radius 1 is 0.707 bits per heavy atom. The Morgan fingerprint density at radius 3 is 2.17 bits per heavy atom. The highest BCUT2D eigenvalue weighted by Gasteiger charge is 2.24. The number of nitriles is 1. The largest absolute Gasteiger partial charge is 0.454 e. The summed E-state index contributed by atoms with van der Waals surface area (Å²) in [5.74, 6) is 0. The van der Waals surface area contributed by atoms with E-state index in [0.29, 0.717) is 5.56 Å². The van der Waals surface area contributed by atoms with E-state index in [4.69, 9.17) is 4.42 Å². The first-order chi connectivity index (χ1) is 19.8. The minimum absolute atomic E-state index is 0.0176. The molecule has 0 fully saturated rings. The van der Waals surface area contributed by atoms with Crippen LogP contribution in [-0.2, 0) is 12.5 Å². The first-order valence-electron chi connectivity index (χ1n) is 14.1. The second-order valence-corrected chi connectivity index (χ2v) is 12.1. The lowest BCUT2D eigenvalue weighted by atomic mass is 9.83. The molecule has 41 heavy (non-hydrogen) atoms. The van der Waals surface area contributed by atoms with Gasteiger partial charge in [0, 0.05) is 28.5 Å². The molecule has 0 atom stereocenters. The molecule has 0 radical (unpaired) electrons. The highest BCUT2D eigenvalue weighted by Crippen LogP contribution is 2.45. The molecular formula is C38H31N2O+. The highest BCUT2D eigenvalue weighted by molar-refractivity contribution is 6.19. The van der Waals surface area contributed by atoms with Crippen molar-refractivity contribution in [2.24, 2.45) is 7.05 Å². The van der Waals surface area contributed by atoms with Crippen molar-refractivity contribution < 1.29 is 8.98 Å². The SMILES string of the molecule is Cc1ccc2c(oc3c(-c4cc5ccccc5c5cc(C(C)(C)C)ccc45)c(C#N)ccc32)c1-c1cccc[n+]1C. The van der Waals surface area contributed by atoms with Crippen LogP contribution in [0.4, 0.5) is 0 Å². The van der Waals surface area contributed by atoms with Crippen LogP contribution in [0, 0.1) is 18.3 Å². The molecule has 0 saturated carbocycles. The van der Waals surface area contributed by atoms with E-state index >= 15 is 0 Å². The monoisotopic (exact) mass is 531 g/mol. The molecule has 0 N–H and O–H groups in total. The number of hydrogen-bond donors (Lipinski definition) is 0. The Bertz CT molecular complexity index is 2220. The molecule has 198 valence electrons. The number of furan rings is 1. The normalized spacial score (nSPS) is 12.0. The third kappa shape index (κ3) is 3.83. The van der Waals surface area contributed by atoms with Gasteiger partial charge in [-0.05, 0) is 80.9 Å². The van der Waals surface area contributed by atoms with Gasteiger partial charge in [-0.15, -0.1) is 0 Å². The number of hydrogen-bond acceptors (Lipinski definition) is 2. The Kier molecular flexibility index (Phi) is 5.53. The predicted molar refractivity (Wildman–Crippen MR) is 169 cm³/mol. The van der Waals surface area contributed by atoms with Crippen LogP contribution in [-0.4, -0.2) is 0 Å². The van der Waals surface area contributed by atoms with Crippen molar-refractivity contribution in [3.63, 3.8) is 0 Å². The molecule has 0 unspecified atom stereocenters. The van der Waals surface area contributed by atoms with E-state index in [9.17, 15) is 5.26 Å². The lowest BCUT2D eigenvalue weighted by molar-refractivity contribution is -0.660. The number of aromatic nitrogens is 1. The molecule has 7 aromatic rings. The van der Waals surface area contributed by atoms with Crippen molar-refractivity contribution in [3.05, 3.63) is 114 Å². The summed E-state index contributed by atoms with van der Waals surface area (Å²) in [7, 11) is 2.06. The van der Waals surface area contributed by atoms with Crippen molar-refractivity contribution in [3.8, 4) is 28.5 Å². The molecule has 3 heteroatoms. The molecule has 0 bridgehead atoms. The first-order valence-corrected chi connectivity index (χ1v) is 14.1. The lowest BCUT2D eigenvalue weighted by Gasteiger charge is -2.21. The maximum Gasteiger partial charge on any atom is 0.216 e. The summed E-state index contributed by atoms with van der Waals surface area (Å²) < 4.78 is 9.00. The van der Waals surface area contributed by atoms with Crippen LogP contribution < -0.4 is 4.57 Å². The molecule has 0 aliphatic heterocycles. The third-order valence-electron chi connectivity index (χ3n) is 8.45. The molecule has 3 nitrogen and oxygen atoms in total. The standard InChI is InChI=1S/C38H31N2O/c1-23-13-16-29-30-17-14-25(22-39)35(37(30)41-36(29)34(23)33-12-8-9-19-40(33)5)32-20-24-10-6-7-11-27(24)31-21-26(38(2,3)4)15-18-28(31)32/h6-21H,1-5H3/q+1. The average molecular weight is 532 g/mol. The van der Waals surface area contributed by atoms with Crippen molar-refractivity contribution in [1.29, 1.82) is 5.26 Å². The van der Waals surface area contributed by atoms with E-state index < -0.39 is 0 Å². The molecule has 0 aliphatic rings. The first kappa shape index (κ1) is 25.1. The van der Waals surface area contributed by atoms with Crippen molar-refractivity contribution in [2.45, 2.75) is 33.1 Å². The van der Waals surface area contributed by atoms with E-state index in [-0.39, 0.29) is 5.41 Å². The van der Waals surface area contributed by atoms with Gasteiger partial charge >= 0.3 is 0 Å². The van der Waals surface area contributed by atoms with Gasteiger partial charge in [-0.25, -0.2) is 4.57 Å². The smallest absolute Gasteiger partial charge is 0.216 e. The van der Waals surface area contributed by atoms with Gasteiger partial charge in [-0.2, -0.15) is 5.26 Å². The zero-order chi connectivity index (χ0) is 28.5. The Morgan fingerprint density at radius 2 is 1.41 bits per heavy atom. The minimum atomic E-state index is 0.0176. The fraction of sp³-hybridized carbons (Fsp3) is 0.158. The number of aryl methyl sites for hydroxylation is 2. The van der Waals surface area contributed by atoms with Crippen LogP contribution in [0.1, 0.15) is 37.5 Å². The number of rotatable bonds is 2. The zero-order valence-electron chi connectivity index (χ0n) is 24.0. The van der Waals surface area contributed by atoms with Gasteiger partial charge < -0.3 is 4.42 Å². The van der Waals surface area contributed by atoms with Gasteiger partial charge in [0.05, 0.1) is 17.2 Å². The Labute approximate surface area is 239 Å². The molecule has 2 aromatic heterocycles. The topological polar surface area (TPSA) is 40.8 Å². The van der Waals surface area contributed by atoms with Crippen molar-refractivity contribution in [2.75, 3.05) is 0 Å². The fourth-order valence-corrected chi connectivity index (χ4v) is 6.24. The number of fused-ring (bicyclic) bond motifs is 6. The maximum absolute atomic E-state index is 10.4. The van der Waals surface area contributed by atoms with Crippen LogP contribution in [0.3, 0.4) is 0 Å². The highest BCUT2D eigenvalue weighted by atomic mass is 16.3. The summed E-state index contributed by atoms with van der Waals surface area (Å²) in [6.07, 6.45) is 2.06. The van der Waals surface area contributed by atoms with E-state index in [1.807, 2.05) is 18.2 Å². The molecule has 7 rings (SSSR count). The van der Waals surface area contributed by atoms with Crippen molar-refractivity contribution in [1.82, 2.24) is 0 Å². The van der Waals surface area contributed by atoms with Gasteiger partial charge in [-0.3, -0.25) is 0 Å². The van der Waals surface area contributed by atoms with Crippen molar-refractivity contribution >= 4 is 43.5 Å². The Hall–Kier alpha value is -4.94. The number of nitrogens with zero attached hydrogens (tertiary/aromatic N) is 2. The van der Waals surface area contributed by atoms with Gasteiger partial charge in [0.15, 0.2) is 6.20 Å². The maximum atomic E-state index is 10.4. The van der Waals surface area contributed by atoms with Crippen LogP contribution in [0.25, 0.3) is 65.9 Å². The molecule has 2 heterocycles. The van der Waals surface area contributed by atoms with Gasteiger partial charge in [0.1, 0.15) is 18.2 Å². The molecule has 0 saturated heterocycles. The van der Waals surface area contributed by atoms with E-state index in [0.717, 1.165) is 60.7 Å². The second kappa shape index (κ2) is 9.04. The predicted octanol–water partition coefficient (Wildman–Crippen LogP) is 9.53. The molecule has 0 amide bonds. The quantitative estimate of drug-likeness (QED) is 0.165. The summed E-state index contributed by atoms with van der Waals surface area (Å²) in [5.41, 5.74) is 8.68. The van der Waals surface area contributed by atoms with E-state index in [2.05, 4.69) is 124 Å². The summed E-state index contributed by atoms with van der Waals surface area (Å²) in [4.78, 5) is 0. The number of benzene rings is 5. The van der Waals surface area contributed by atoms with E-state index in [1.54, 1.807) is 0 Å². The second-order valence-electron chi connectivity index (χ2n) is 12.1. The molecule has 0 spiro atoms. The Balaban J connectivity index is 1.63. The van der Waals surface area contributed by atoms with Gasteiger partial charge in [-0.1, -0.05) is 69.3 Å². The molecule has 5 aromatic carbocycles. The summed E-state index contributed by atoms with van der Waals surface area (Å²) in [5, 5.41) is 17.1. The summed E-state index contributed by atoms with van der Waals surface area (Å²) >= 11 is 0. The molecule has 0 aliphatic carbocycles. The fourth-order valence-electron chi connectivity index (χ4n) is 6.24. The van der Waals surface area contributed by atoms with Gasteiger partial charge in [0.2, 0.25) is 5.69 Å². The summed E-state index contributed by atoms with van der Waals surface area (Å²) in [6.45, 7) is 8.86. The van der Waals surface area contributed by atoms with E-state index in [1.165, 1.54) is 16.3 Å². The lowest BCUT2D eigenvalue weighted by Crippen LogP contribution is -2.30. The minimum Gasteiger partial charge on any atom is -0.454 e. The summed E-state index contributed by atoms with van der Waals surface area (Å²) in [6, 6.07) is 34.5.